The molecule has 0 spiro atoms. The summed E-state index contributed by atoms with van der Waals surface area (Å²) in [7, 11) is 0. The molecule has 1 fully saturated rings. The van der Waals surface area contributed by atoms with Crippen LogP contribution in [0, 0.1) is 5.41 Å². The molecule has 22 heavy (non-hydrogen) atoms. The third-order valence-electron chi connectivity index (χ3n) is 4.53. The minimum absolute atomic E-state index is 0.357. The highest BCUT2D eigenvalue weighted by Gasteiger charge is 2.29. The van der Waals surface area contributed by atoms with Crippen LogP contribution in [0.5, 0.6) is 0 Å². The highest BCUT2D eigenvalue weighted by atomic mass is 32.1. The first-order valence-electron chi connectivity index (χ1n) is 8.22. The van der Waals surface area contributed by atoms with E-state index in [9.17, 15) is 5.11 Å². The maximum Gasteiger partial charge on any atom is 0.191 e. The molecule has 1 aliphatic rings. The van der Waals surface area contributed by atoms with Gasteiger partial charge in [-0.3, -0.25) is 0 Å². The van der Waals surface area contributed by atoms with Crippen molar-refractivity contribution in [2.24, 2.45) is 10.4 Å². The quantitative estimate of drug-likeness (QED) is 0.557. The number of hydrogen-bond donors (Lipinski definition) is 3. The molecule has 1 aliphatic carbocycles. The maximum atomic E-state index is 10.6. The zero-order valence-corrected chi connectivity index (χ0v) is 14.8. The highest BCUT2D eigenvalue weighted by molar-refractivity contribution is 7.08. The van der Waals surface area contributed by atoms with Crippen molar-refractivity contribution in [3.63, 3.8) is 0 Å². The molecule has 0 radical (unpaired) electrons. The maximum absolute atomic E-state index is 10.6. The smallest absolute Gasteiger partial charge is 0.191 e. The molecule has 0 amide bonds. The van der Waals surface area contributed by atoms with E-state index in [1.165, 1.54) is 25.7 Å². The Labute approximate surface area is 138 Å². The van der Waals surface area contributed by atoms with Gasteiger partial charge in [-0.25, -0.2) is 4.99 Å². The number of guanidine groups is 1. The molecule has 0 saturated heterocycles. The topological polar surface area (TPSA) is 56.7 Å². The van der Waals surface area contributed by atoms with Gasteiger partial charge in [0.15, 0.2) is 5.96 Å². The number of aliphatic imine (C=N–C) groups is 1. The molecular formula is C17H29N3OS. The average Bonchev–Trinajstić information content (AvgIpc) is 3.14. The number of aliphatic hydroxyl groups is 1. The fourth-order valence-corrected chi connectivity index (χ4v) is 3.72. The Hall–Kier alpha value is -1.07. The minimum Gasteiger partial charge on any atom is -0.383 e. The molecule has 1 aromatic rings. The molecule has 5 heteroatoms. The summed E-state index contributed by atoms with van der Waals surface area (Å²) in [6.07, 6.45) is 5.23. The first kappa shape index (κ1) is 17.3. The first-order chi connectivity index (χ1) is 10.5. The van der Waals surface area contributed by atoms with Gasteiger partial charge in [0.2, 0.25) is 0 Å². The molecule has 1 unspecified atom stereocenters. The molecule has 0 aromatic carbocycles. The predicted octanol–water partition coefficient (Wildman–Crippen LogP) is 3.09. The van der Waals surface area contributed by atoms with E-state index in [0.29, 0.717) is 12.0 Å². The number of rotatable bonds is 6. The fourth-order valence-electron chi connectivity index (χ4n) is 2.94. The van der Waals surface area contributed by atoms with Crippen LogP contribution in [0.15, 0.2) is 21.8 Å². The Balaban J connectivity index is 1.94. The summed E-state index contributed by atoms with van der Waals surface area (Å²) < 4.78 is 0. The summed E-state index contributed by atoms with van der Waals surface area (Å²) in [6, 6.07) is 1.96. The SMILES string of the molecule is CCNC(=NCC(C)(O)c1ccsc1)NCC1(C)CCCC1. The van der Waals surface area contributed by atoms with Gasteiger partial charge in [0.05, 0.1) is 6.54 Å². The van der Waals surface area contributed by atoms with Crippen LogP contribution in [0.25, 0.3) is 0 Å². The van der Waals surface area contributed by atoms with Crippen LogP contribution in [0.3, 0.4) is 0 Å². The number of nitrogens with zero attached hydrogens (tertiary/aromatic N) is 1. The van der Waals surface area contributed by atoms with Gasteiger partial charge in [-0.15, -0.1) is 0 Å². The standard InChI is InChI=1S/C17H29N3OS/c1-4-18-15(19-12-16(2)8-5-6-9-16)20-13-17(3,21)14-7-10-22-11-14/h7,10-11,21H,4-6,8-9,12-13H2,1-3H3,(H2,18,19,20). The third kappa shape index (κ3) is 4.71. The second-order valence-electron chi connectivity index (χ2n) is 6.85. The molecule has 4 nitrogen and oxygen atoms in total. The van der Waals surface area contributed by atoms with Crippen molar-refractivity contribution in [2.45, 2.75) is 52.1 Å². The molecule has 124 valence electrons. The van der Waals surface area contributed by atoms with Crippen molar-refractivity contribution in [1.29, 1.82) is 0 Å². The average molecular weight is 324 g/mol. The first-order valence-corrected chi connectivity index (χ1v) is 9.17. The normalized spacial score (nSPS) is 20.6. The van der Waals surface area contributed by atoms with Gasteiger partial charge < -0.3 is 15.7 Å². The van der Waals surface area contributed by atoms with Gasteiger partial charge in [0.25, 0.3) is 0 Å². The van der Waals surface area contributed by atoms with E-state index >= 15 is 0 Å². The van der Waals surface area contributed by atoms with E-state index in [0.717, 1.165) is 24.6 Å². The van der Waals surface area contributed by atoms with Crippen LogP contribution >= 0.6 is 11.3 Å². The molecule has 1 saturated carbocycles. The molecule has 3 N–H and O–H groups in total. The predicted molar refractivity (Wildman–Crippen MR) is 94.4 cm³/mol. The highest BCUT2D eigenvalue weighted by Crippen LogP contribution is 2.36. The molecular weight excluding hydrogens is 294 g/mol. The van der Waals surface area contributed by atoms with E-state index in [1.807, 2.05) is 23.8 Å². The van der Waals surface area contributed by atoms with Crippen molar-refractivity contribution < 1.29 is 5.11 Å². The van der Waals surface area contributed by atoms with E-state index in [2.05, 4.69) is 29.5 Å². The van der Waals surface area contributed by atoms with Crippen LogP contribution < -0.4 is 10.6 Å². The summed E-state index contributed by atoms with van der Waals surface area (Å²) in [5, 5.41) is 21.3. The van der Waals surface area contributed by atoms with Gasteiger partial charge >= 0.3 is 0 Å². The lowest BCUT2D eigenvalue weighted by molar-refractivity contribution is 0.0677. The largest absolute Gasteiger partial charge is 0.383 e. The number of hydrogen-bond acceptors (Lipinski definition) is 3. The Morgan fingerprint density at radius 3 is 2.73 bits per heavy atom. The minimum atomic E-state index is -0.917. The monoisotopic (exact) mass is 323 g/mol. The van der Waals surface area contributed by atoms with Crippen molar-refractivity contribution in [2.75, 3.05) is 19.6 Å². The van der Waals surface area contributed by atoms with Gasteiger partial charge in [-0.05, 0) is 54.5 Å². The van der Waals surface area contributed by atoms with Gasteiger partial charge in [0.1, 0.15) is 5.60 Å². The summed E-state index contributed by atoms with van der Waals surface area (Å²) in [6.45, 7) is 8.35. The van der Waals surface area contributed by atoms with Crippen molar-refractivity contribution in [1.82, 2.24) is 10.6 Å². The van der Waals surface area contributed by atoms with Crippen LogP contribution in [0.2, 0.25) is 0 Å². The Kier molecular flexibility index (Phi) is 5.87. The Morgan fingerprint density at radius 2 is 2.14 bits per heavy atom. The fraction of sp³-hybridized carbons (Fsp3) is 0.706. The van der Waals surface area contributed by atoms with Gasteiger partial charge in [-0.1, -0.05) is 19.8 Å². The molecule has 1 heterocycles. The molecule has 2 rings (SSSR count). The summed E-state index contributed by atoms with van der Waals surface area (Å²) in [5.41, 5.74) is 0.394. The van der Waals surface area contributed by atoms with E-state index in [1.54, 1.807) is 11.3 Å². The van der Waals surface area contributed by atoms with E-state index < -0.39 is 5.60 Å². The van der Waals surface area contributed by atoms with Crippen molar-refractivity contribution in [3.8, 4) is 0 Å². The van der Waals surface area contributed by atoms with E-state index in [4.69, 9.17) is 0 Å². The lowest BCUT2D eigenvalue weighted by Crippen LogP contribution is -2.43. The summed E-state index contributed by atoms with van der Waals surface area (Å²) in [4.78, 5) is 4.58. The summed E-state index contributed by atoms with van der Waals surface area (Å²) >= 11 is 1.60. The number of thiophene rings is 1. The van der Waals surface area contributed by atoms with Crippen molar-refractivity contribution >= 4 is 17.3 Å². The van der Waals surface area contributed by atoms with Crippen LogP contribution in [0.1, 0.15) is 52.0 Å². The lowest BCUT2D eigenvalue weighted by Gasteiger charge is -2.26. The Morgan fingerprint density at radius 1 is 1.41 bits per heavy atom. The third-order valence-corrected chi connectivity index (χ3v) is 5.21. The van der Waals surface area contributed by atoms with Gasteiger partial charge in [0, 0.05) is 13.1 Å². The molecule has 0 aliphatic heterocycles. The number of nitrogens with one attached hydrogen (secondary N) is 2. The zero-order valence-electron chi connectivity index (χ0n) is 14.0. The van der Waals surface area contributed by atoms with E-state index in [-0.39, 0.29) is 0 Å². The molecule has 1 aromatic heterocycles. The Bertz CT molecular complexity index is 476. The molecule has 1 atom stereocenters. The summed E-state index contributed by atoms with van der Waals surface area (Å²) in [5.74, 6) is 0.797. The van der Waals surface area contributed by atoms with Crippen LogP contribution in [-0.4, -0.2) is 30.7 Å². The van der Waals surface area contributed by atoms with Crippen LogP contribution in [-0.2, 0) is 5.60 Å². The second-order valence-corrected chi connectivity index (χ2v) is 7.63. The zero-order chi connectivity index (χ0) is 16.1. The van der Waals surface area contributed by atoms with Gasteiger partial charge in [-0.2, -0.15) is 11.3 Å². The molecule has 0 bridgehead atoms. The lowest BCUT2D eigenvalue weighted by atomic mass is 9.89. The second kappa shape index (κ2) is 7.47. The van der Waals surface area contributed by atoms with Crippen molar-refractivity contribution in [3.05, 3.63) is 22.4 Å². The van der Waals surface area contributed by atoms with Crippen LogP contribution in [0.4, 0.5) is 0 Å².